The minimum Gasteiger partial charge on any atom is -0.497 e. The summed E-state index contributed by atoms with van der Waals surface area (Å²) < 4.78 is 35.0. The molecule has 5 atom stereocenters. The van der Waals surface area contributed by atoms with E-state index in [1.165, 1.54) is 64.5 Å². The van der Waals surface area contributed by atoms with Crippen LogP contribution in [-0.4, -0.2) is 104 Å². The third-order valence-corrected chi connectivity index (χ3v) is 19.4. The first-order valence-corrected chi connectivity index (χ1v) is 32.9. The number of carbonyl (C=O) groups is 4. The number of thioether (sulfide) groups is 2. The van der Waals surface area contributed by atoms with E-state index in [1.807, 2.05) is 182 Å². The van der Waals surface area contributed by atoms with Crippen LogP contribution in [0.15, 0.2) is 255 Å². The van der Waals surface area contributed by atoms with Crippen molar-refractivity contribution < 1.29 is 47.7 Å². The summed E-state index contributed by atoms with van der Waals surface area (Å²) in [5.41, 5.74) is 5.33. The fourth-order valence-corrected chi connectivity index (χ4v) is 14.6. The number of methoxy groups -OCH3 is 2. The Morgan fingerprint density at radius 3 is 1.89 bits per heavy atom. The number of amides is 2. The molecule has 2 N–H and O–H groups in total. The van der Waals surface area contributed by atoms with E-state index in [2.05, 4.69) is 25.4 Å². The first-order chi connectivity index (χ1) is 45.1. The molecule has 92 heavy (non-hydrogen) atoms. The number of ether oxygens (including phenoxy) is 5. The van der Waals surface area contributed by atoms with Gasteiger partial charge in [-0.2, -0.15) is 0 Å². The molecule has 22 heteroatoms. The lowest BCUT2D eigenvalue weighted by Crippen LogP contribution is -2.71. The zero-order valence-electron chi connectivity index (χ0n) is 49.8. The Labute approximate surface area is 547 Å². The van der Waals surface area contributed by atoms with Crippen molar-refractivity contribution in [1.29, 1.82) is 0 Å². The fourth-order valence-electron chi connectivity index (χ4n) is 10.9. The summed E-state index contributed by atoms with van der Waals surface area (Å²) >= 11 is 5.24. The molecule has 464 valence electrons. The number of anilines is 1. The maximum atomic E-state index is 15.6. The van der Waals surface area contributed by atoms with Crippen molar-refractivity contribution in [3.8, 4) is 5.75 Å². The molecule has 12 rings (SSSR count). The van der Waals surface area contributed by atoms with Crippen LogP contribution in [0.5, 0.6) is 5.75 Å². The molecular formula is C70H60N8O10S4. The first-order valence-electron chi connectivity index (χ1n) is 29.2. The lowest BCUT2D eigenvalue weighted by Gasteiger charge is -2.49. The maximum absolute atomic E-state index is 15.6. The predicted molar refractivity (Wildman–Crippen MR) is 355 cm³/mol. The van der Waals surface area contributed by atoms with Gasteiger partial charge in [-0.15, -0.1) is 40.0 Å². The van der Waals surface area contributed by atoms with Crippen LogP contribution in [0.1, 0.15) is 64.0 Å². The fraction of sp³-hybridized carbons (Fsp3) is 0.186. The lowest BCUT2D eigenvalue weighted by molar-refractivity contribution is -0.175. The normalized spacial score (nSPS) is 17.2. The largest absolute Gasteiger partial charge is 0.497 e. The van der Waals surface area contributed by atoms with Crippen molar-refractivity contribution in [2.24, 2.45) is 10.1 Å². The van der Waals surface area contributed by atoms with Gasteiger partial charge >= 0.3 is 5.97 Å². The van der Waals surface area contributed by atoms with Gasteiger partial charge < -0.3 is 39.2 Å². The minimum absolute atomic E-state index is 0.0364. The number of oxime groups is 1. The van der Waals surface area contributed by atoms with Crippen molar-refractivity contribution in [3.05, 3.63) is 286 Å². The molecule has 1 fully saturated rings. The van der Waals surface area contributed by atoms with E-state index in [9.17, 15) is 14.4 Å². The monoisotopic (exact) mass is 1300 g/mol. The van der Waals surface area contributed by atoms with Gasteiger partial charge in [0.2, 0.25) is 6.29 Å². The summed E-state index contributed by atoms with van der Waals surface area (Å²) in [6, 6.07) is 64.0. The summed E-state index contributed by atoms with van der Waals surface area (Å²) in [6.07, 6.45) is -1.60. The Bertz CT molecular complexity index is 4010. The molecule has 18 nitrogen and oxygen atoms in total. The number of esters is 1. The summed E-state index contributed by atoms with van der Waals surface area (Å²) in [4.78, 5) is 77.3. The third-order valence-electron chi connectivity index (χ3n) is 15.4. The summed E-state index contributed by atoms with van der Waals surface area (Å²) in [7, 11) is 3.02. The van der Waals surface area contributed by atoms with Crippen LogP contribution >= 0.6 is 46.4 Å². The Hall–Kier alpha value is -9.39. The number of aromatic nitrogens is 3. The van der Waals surface area contributed by atoms with Crippen LogP contribution in [0.2, 0.25) is 0 Å². The Morgan fingerprint density at radius 2 is 1.34 bits per heavy atom. The number of benzene rings is 7. The molecule has 4 unspecified atom stereocenters. The number of thiazole rings is 1. The van der Waals surface area contributed by atoms with Gasteiger partial charge in [0.15, 0.2) is 22.7 Å². The van der Waals surface area contributed by atoms with Gasteiger partial charge in [-0.25, -0.2) is 9.78 Å². The van der Waals surface area contributed by atoms with Crippen molar-refractivity contribution in [2.75, 3.05) is 31.0 Å². The highest BCUT2D eigenvalue weighted by Crippen LogP contribution is 2.44. The lowest BCUT2D eigenvalue weighted by atomic mass is 9.77. The highest BCUT2D eigenvalue weighted by molar-refractivity contribution is 8.01. The number of rotatable bonds is 26. The summed E-state index contributed by atoms with van der Waals surface area (Å²) in [5, 5.41) is 16.7. The van der Waals surface area contributed by atoms with E-state index >= 15 is 4.79 Å². The van der Waals surface area contributed by atoms with Crippen molar-refractivity contribution >= 4 is 86.5 Å². The number of nitrogens with one attached hydrogen (secondary N) is 2. The van der Waals surface area contributed by atoms with Gasteiger partial charge in [0.25, 0.3) is 18.1 Å². The molecule has 7 aromatic carbocycles. The number of fused-ring (bicyclic) bond motifs is 1. The van der Waals surface area contributed by atoms with Gasteiger partial charge in [0, 0.05) is 35.6 Å². The number of β-lactam (4-membered cyclic amide) rings is 1. The first kappa shape index (κ1) is 62.8. The van der Waals surface area contributed by atoms with Gasteiger partial charge in [-0.05, 0) is 69.5 Å². The highest BCUT2D eigenvalue weighted by Gasteiger charge is 2.55. The molecule has 0 saturated carbocycles. The van der Waals surface area contributed by atoms with E-state index < -0.39 is 65.3 Å². The smallest absolute Gasteiger partial charge is 0.357 e. The van der Waals surface area contributed by atoms with Crippen molar-refractivity contribution in [3.63, 3.8) is 0 Å². The topological polar surface area (TPSA) is 214 Å². The minimum atomic E-state index is -1.57. The molecule has 3 aliphatic rings. The second kappa shape index (κ2) is 29.3. The van der Waals surface area contributed by atoms with Crippen LogP contribution in [0, 0.1) is 0 Å². The van der Waals surface area contributed by atoms with Crippen molar-refractivity contribution in [1.82, 2.24) is 24.8 Å². The zero-order chi connectivity index (χ0) is 63.4. The van der Waals surface area contributed by atoms with Crippen LogP contribution in [-0.2, 0) is 55.1 Å². The number of aliphatic imine (C=N–C) groups is 1. The quantitative estimate of drug-likeness (QED) is 0.00981. The molecule has 0 bridgehead atoms. The van der Waals surface area contributed by atoms with Gasteiger partial charge in [0.1, 0.15) is 50.1 Å². The number of nitrogens with zero attached hydrogens (tertiary/aromatic N) is 6. The van der Waals surface area contributed by atoms with E-state index in [4.69, 9.17) is 38.5 Å². The van der Waals surface area contributed by atoms with Gasteiger partial charge in [0.05, 0.1) is 25.6 Å². The maximum Gasteiger partial charge on any atom is 0.357 e. The van der Waals surface area contributed by atoms with Crippen molar-refractivity contribution in [2.45, 2.75) is 59.5 Å². The van der Waals surface area contributed by atoms with E-state index in [-0.39, 0.29) is 29.4 Å². The van der Waals surface area contributed by atoms with Crippen LogP contribution in [0.25, 0.3) is 0 Å². The van der Waals surface area contributed by atoms with Crippen LogP contribution in [0.3, 0.4) is 0 Å². The molecule has 2 amide bonds. The van der Waals surface area contributed by atoms with E-state index in [0.717, 1.165) is 37.6 Å². The SMILES string of the molecule is COc1ccc(COC2C(=O)C=C(C(O/N=C(\C(=O)NC3C(=O)N4C(C(=O)OC(OC)c5ccccc5)=C(CSc5cnns5)CS[C@@H]34)c3csc(NC(c4ccccc4)(c4ccccc4)c4ccccc4)n3)OC(c3ccccc3)c3ccccc3)N=C2C)cc1. The van der Waals surface area contributed by atoms with Gasteiger partial charge in [-0.1, -0.05) is 204 Å². The summed E-state index contributed by atoms with van der Waals surface area (Å²) in [5.74, 6) is -1.34. The van der Waals surface area contributed by atoms with E-state index in [0.29, 0.717) is 39.2 Å². The number of hydrogen-bond acceptors (Lipinski definition) is 20. The van der Waals surface area contributed by atoms with Gasteiger partial charge in [-0.3, -0.25) is 24.3 Å². The predicted octanol–water partition coefficient (Wildman–Crippen LogP) is 12.1. The Morgan fingerprint density at radius 1 is 0.750 bits per heavy atom. The number of carbonyl (C=O) groups excluding carboxylic acids is 4. The molecule has 0 spiro atoms. The molecule has 3 aliphatic heterocycles. The highest BCUT2D eigenvalue weighted by atomic mass is 32.2. The number of hydrogen-bond donors (Lipinski definition) is 2. The molecule has 0 aliphatic carbocycles. The Kier molecular flexibility index (Phi) is 20.0. The van der Waals surface area contributed by atoms with E-state index in [1.54, 1.807) is 49.9 Å². The van der Waals surface area contributed by atoms with Crippen LogP contribution in [0.4, 0.5) is 5.13 Å². The molecule has 9 aromatic rings. The average Bonchev–Trinajstić information content (AvgIpc) is 0.800. The second-order valence-electron chi connectivity index (χ2n) is 21.2. The zero-order valence-corrected chi connectivity index (χ0v) is 53.1. The molecule has 0 radical (unpaired) electrons. The molecule has 5 heterocycles. The number of ketones is 1. The molecule has 2 aromatic heterocycles. The molecular weight excluding hydrogens is 1240 g/mol. The van der Waals surface area contributed by atoms with Crippen LogP contribution < -0.4 is 15.4 Å². The standard InChI is InChI=1S/C70H60N8O10S4/c1-44-61(85-40-45-34-36-53(83-2)37-35-45)56(79)38-54(72-44)68(86-62(46-22-10-4-11-23-46)47-24-12-5-13-25-47)88-76-58(55-43-91-69(73-55)75-70(50-28-16-7-17-29-50,51-30-18-8-19-31-51)52-32-20-9-21-33-52)63(80)74-59-64(81)78-60(66(82)87-67(84-3)48-26-14-6-15-27-48)49(42-90-65(59)78)41-89-57-39-71-77-92-57/h4-39,43,59,61-62,65,67-68H,40-42H2,1-3H3,(H,73,75)(H,74,80)/b76-58-/t59?,61?,65-,67?,68?/m0/s1. The third kappa shape index (κ3) is 13.9. The average molecular weight is 1300 g/mol. The molecule has 1 saturated heterocycles. The summed E-state index contributed by atoms with van der Waals surface area (Å²) in [6.45, 7) is 1.78. The Balaban J connectivity index is 0.919. The second-order valence-corrected chi connectivity index (χ2v) is 25.2.